The third kappa shape index (κ3) is 2.71. The molecule has 2 nitrogen and oxygen atoms in total. The lowest BCUT2D eigenvalue weighted by Crippen LogP contribution is -2.54. The Kier molecular flexibility index (Phi) is 3.96. The van der Waals surface area contributed by atoms with Crippen molar-refractivity contribution in [2.24, 2.45) is 11.8 Å². The summed E-state index contributed by atoms with van der Waals surface area (Å²) >= 11 is 0. The zero-order valence-electron chi connectivity index (χ0n) is 10.1. The topological polar surface area (TPSA) is 23.5 Å². The van der Waals surface area contributed by atoms with E-state index in [-0.39, 0.29) is 0 Å². The lowest BCUT2D eigenvalue weighted by Gasteiger charge is -2.45. The zero-order valence-corrected chi connectivity index (χ0v) is 10.1. The second-order valence-electron chi connectivity index (χ2n) is 5.13. The van der Waals surface area contributed by atoms with Crippen LogP contribution >= 0.6 is 0 Å². The summed E-state index contributed by atoms with van der Waals surface area (Å²) in [4.78, 5) is 2.39. The van der Waals surface area contributed by atoms with Crippen molar-refractivity contribution in [3.63, 3.8) is 0 Å². The van der Waals surface area contributed by atoms with E-state index in [2.05, 4.69) is 32.6 Å². The van der Waals surface area contributed by atoms with Crippen molar-refractivity contribution in [1.82, 2.24) is 4.90 Å². The molecule has 0 saturated carbocycles. The maximum absolute atomic E-state index is 10.1. The largest absolute Gasteiger partial charge is 0.389 e. The van der Waals surface area contributed by atoms with Crippen molar-refractivity contribution in [1.29, 1.82) is 0 Å². The number of hydrogen-bond donors (Lipinski definition) is 1. The van der Waals surface area contributed by atoms with Gasteiger partial charge in [0.2, 0.25) is 0 Å². The number of aliphatic hydroxyl groups is 1. The molecule has 0 aromatic carbocycles. The van der Waals surface area contributed by atoms with Crippen LogP contribution in [0.1, 0.15) is 40.5 Å². The monoisotopic (exact) mass is 199 g/mol. The number of β-amino-alcohol motifs (C(OH)–C–C–N with tert-alkyl or cyclic N) is 1. The Morgan fingerprint density at radius 2 is 1.79 bits per heavy atom. The van der Waals surface area contributed by atoms with E-state index in [0.29, 0.717) is 0 Å². The van der Waals surface area contributed by atoms with Crippen molar-refractivity contribution in [3.8, 4) is 0 Å². The van der Waals surface area contributed by atoms with Crippen LogP contribution in [0.2, 0.25) is 0 Å². The van der Waals surface area contributed by atoms with Crippen molar-refractivity contribution in [3.05, 3.63) is 0 Å². The fourth-order valence-electron chi connectivity index (χ4n) is 2.05. The fraction of sp³-hybridized carbons (Fsp3) is 1.00. The van der Waals surface area contributed by atoms with E-state index >= 15 is 0 Å². The fourth-order valence-corrected chi connectivity index (χ4v) is 2.05. The number of hydrogen-bond acceptors (Lipinski definition) is 2. The van der Waals surface area contributed by atoms with Crippen LogP contribution < -0.4 is 0 Å². The summed E-state index contributed by atoms with van der Waals surface area (Å²) in [5, 5.41) is 10.1. The Hall–Kier alpha value is -0.0800. The third-order valence-corrected chi connectivity index (χ3v) is 3.76. The summed E-state index contributed by atoms with van der Waals surface area (Å²) in [6.45, 7) is 11.9. The minimum absolute atomic E-state index is 0.443. The normalized spacial score (nSPS) is 20.1. The molecule has 0 bridgehead atoms. The second-order valence-corrected chi connectivity index (χ2v) is 5.13. The van der Waals surface area contributed by atoms with E-state index in [1.807, 2.05) is 0 Å². The van der Waals surface area contributed by atoms with Crippen molar-refractivity contribution < 1.29 is 5.11 Å². The van der Waals surface area contributed by atoms with Crippen LogP contribution in [0, 0.1) is 11.8 Å². The van der Waals surface area contributed by atoms with E-state index in [4.69, 9.17) is 0 Å². The van der Waals surface area contributed by atoms with Crippen molar-refractivity contribution >= 4 is 0 Å². The van der Waals surface area contributed by atoms with E-state index in [1.54, 1.807) is 0 Å². The quantitative estimate of drug-likeness (QED) is 0.733. The van der Waals surface area contributed by atoms with Crippen LogP contribution in [0.15, 0.2) is 0 Å². The van der Waals surface area contributed by atoms with Crippen LogP contribution in [0.3, 0.4) is 0 Å². The van der Waals surface area contributed by atoms with Gasteiger partial charge in [-0.1, -0.05) is 27.7 Å². The molecule has 1 fully saturated rings. The highest BCUT2D eigenvalue weighted by atomic mass is 16.3. The van der Waals surface area contributed by atoms with E-state index in [9.17, 15) is 5.11 Å². The summed E-state index contributed by atoms with van der Waals surface area (Å²) in [7, 11) is 0. The van der Waals surface area contributed by atoms with Gasteiger partial charge in [0.05, 0.1) is 5.60 Å². The Labute approximate surface area is 88.3 Å². The molecule has 84 valence electrons. The summed E-state index contributed by atoms with van der Waals surface area (Å²) in [5.74, 6) is 1.65. The molecule has 1 aliphatic rings. The van der Waals surface area contributed by atoms with Gasteiger partial charge in [0.1, 0.15) is 0 Å². The summed E-state index contributed by atoms with van der Waals surface area (Å²) in [6, 6.07) is 0. The van der Waals surface area contributed by atoms with Gasteiger partial charge in [-0.3, -0.25) is 4.90 Å². The van der Waals surface area contributed by atoms with Gasteiger partial charge in [-0.15, -0.1) is 0 Å². The maximum atomic E-state index is 10.1. The van der Waals surface area contributed by atoms with Gasteiger partial charge >= 0.3 is 0 Å². The first-order valence-electron chi connectivity index (χ1n) is 5.95. The summed E-state index contributed by atoms with van der Waals surface area (Å²) < 4.78 is 0. The molecule has 0 atom stereocenters. The minimum Gasteiger partial charge on any atom is -0.389 e. The maximum Gasteiger partial charge on any atom is 0.0768 e. The molecule has 1 heterocycles. The molecule has 0 unspecified atom stereocenters. The number of rotatable bonds is 5. The van der Waals surface area contributed by atoms with E-state index in [0.717, 1.165) is 31.2 Å². The Bertz CT molecular complexity index is 169. The van der Waals surface area contributed by atoms with Crippen molar-refractivity contribution in [2.45, 2.75) is 46.1 Å². The van der Waals surface area contributed by atoms with Gasteiger partial charge < -0.3 is 5.11 Å². The molecular formula is C12H25NO. The van der Waals surface area contributed by atoms with Crippen molar-refractivity contribution in [2.75, 3.05) is 19.6 Å². The molecule has 1 rings (SSSR count). The van der Waals surface area contributed by atoms with E-state index in [1.165, 1.54) is 13.1 Å². The molecule has 1 saturated heterocycles. The standard InChI is InChI=1S/C12H25NO/c1-5-12(14,6-2)9-13-7-11(8-13)10(3)4/h10-11,14H,5-9H2,1-4H3. The first kappa shape index (κ1) is 12.0. The second kappa shape index (κ2) is 4.63. The van der Waals surface area contributed by atoms with Gasteiger partial charge in [0.25, 0.3) is 0 Å². The number of nitrogens with zero attached hydrogens (tertiary/aromatic N) is 1. The average Bonchev–Trinajstić information content (AvgIpc) is 2.09. The van der Waals surface area contributed by atoms with E-state index < -0.39 is 5.60 Å². The van der Waals surface area contributed by atoms with Crippen LogP contribution in [-0.4, -0.2) is 35.2 Å². The van der Waals surface area contributed by atoms with Gasteiger partial charge in [0.15, 0.2) is 0 Å². The van der Waals surface area contributed by atoms with Crippen LogP contribution in [-0.2, 0) is 0 Å². The molecule has 0 amide bonds. The molecule has 14 heavy (non-hydrogen) atoms. The SMILES string of the molecule is CCC(O)(CC)CN1CC(C(C)C)C1. The van der Waals surface area contributed by atoms with Gasteiger partial charge in [-0.05, 0) is 24.7 Å². The smallest absolute Gasteiger partial charge is 0.0768 e. The number of likely N-dealkylation sites (tertiary alicyclic amines) is 1. The molecule has 1 N–H and O–H groups in total. The van der Waals surface area contributed by atoms with Gasteiger partial charge in [-0.25, -0.2) is 0 Å². The van der Waals surface area contributed by atoms with Crippen LogP contribution in [0.4, 0.5) is 0 Å². The highest BCUT2D eigenvalue weighted by Crippen LogP contribution is 2.26. The molecule has 0 aliphatic carbocycles. The Morgan fingerprint density at radius 3 is 2.14 bits per heavy atom. The predicted octanol–water partition coefficient (Wildman–Crippen LogP) is 2.13. The lowest BCUT2D eigenvalue weighted by molar-refractivity contribution is -0.0437. The molecule has 0 aromatic rings. The van der Waals surface area contributed by atoms with Gasteiger partial charge in [0, 0.05) is 19.6 Å². The lowest BCUT2D eigenvalue weighted by atomic mass is 9.86. The minimum atomic E-state index is -0.443. The molecule has 1 aliphatic heterocycles. The molecule has 0 radical (unpaired) electrons. The first-order valence-corrected chi connectivity index (χ1v) is 5.95. The van der Waals surface area contributed by atoms with Gasteiger partial charge in [-0.2, -0.15) is 0 Å². The third-order valence-electron chi connectivity index (χ3n) is 3.76. The van der Waals surface area contributed by atoms with Crippen LogP contribution in [0.25, 0.3) is 0 Å². The Morgan fingerprint density at radius 1 is 1.29 bits per heavy atom. The molecule has 2 heteroatoms. The zero-order chi connectivity index (χ0) is 10.8. The highest BCUT2D eigenvalue weighted by Gasteiger charge is 2.34. The molecule has 0 spiro atoms. The highest BCUT2D eigenvalue weighted by molar-refractivity contribution is 4.88. The average molecular weight is 199 g/mol. The summed E-state index contributed by atoms with van der Waals surface area (Å²) in [5.41, 5.74) is -0.443. The predicted molar refractivity (Wildman–Crippen MR) is 60.3 cm³/mol. The molecular weight excluding hydrogens is 174 g/mol. The summed E-state index contributed by atoms with van der Waals surface area (Å²) in [6.07, 6.45) is 1.73. The van der Waals surface area contributed by atoms with Crippen LogP contribution in [0.5, 0.6) is 0 Å². The molecule has 0 aromatic heterocycles. The first-order chi connectivity index (χ1) is 6.50. The Balaban J connectivity index is 2.28.